The number of hydrogen-bond donors (Lipinski definition) is 1. The maximum absolute atomic E-state index is 9.80. The first-order valence-corrected chi connectivity index (χ1v) is 5.24. The van der Waals surface area contributed by atoms with Crippen LogP contribution in [0, 0.1) is 0 Å². The SMILES string of the molecule is CCC[C@H](O)C1Cc2ccccc2O1. The van der Waals surface area contributed by atoms with Crippen molar-refractivity contribution in [3.05, 3.63) is 29.8 Å². The van der Waals surface area contributed by atoms with E-state index < -0.39 is 0 Å². The van der Waals surface area contributed by atoms with E-state index in [1.165, 1.54) is 5.56 Å². The van der Waals surface area contributed by atoms with E-state index in [2.05, 4.69) is 13.0 Å². The number of aliphatic hydroxyl groups is 1. The molecule has 1 aromatic carbocycles. The Morgan fingerprint density at radius 3 is 3.00 bits per heavy atom. The van der Waals surface area contributed by atoms with Crippen LogP contribution in [0.2, 0.25) is 0 Å². The van der Waals surface area contributed by atoms with Gasteiger partial charge in [-0.3, -0.25) is 0 Å². The predicted molar refractivity (Wildman–Crippen MR) is 55.5 cm³/mol. The summed E-state index contributed by atoms with van der Waals surface area (Å²) in [7, 11) is 0. The molecule has 76 valence electrons. The first-order chi connectivity index (χ1) is 6.81. The number of ether oxygens (including phenoxy) is 1. The summed E-state index contributed by atoms with van der Waals surface area (Å²) in [6, 6.07) is 8.01. The average Bonchev–Trinajstić information content (AvgIpc) is 2.61. The molecule has 2 nitrogen and oxygen atoms in total. The minimum Gasteiger partial charge on any atom is -0.487 e. The molecule has 0 fully saturated rings. The highest BCUT2D eigenvalue weighted by Gasteiger charge is 2.27. The fourth-order valence-corrected chi connectivity index (χ4v) is 1.91. The van der Waals surface area contributed by atoms with Crippen molar-refractivity contribution in [3.63, 3.8) is 0 Å². The highest BCUT2D eigenvalue weighted by molar-refractivity contribution is 5.37. The maximum Gasteiger partial charge on any atom is 0.129 e. The molecule has 14 heavy (non-hydrogen) atoms. The molecule has 0 saturated carbocycles. The quantitative estimate of drug-likeness (QED) is 0.795. The Labute approximate surface area is 84.5 Å². The van der Waals surface area contributed by atoms with E-state index in [0.29, 0.717) is 0 Å². The van der Waals surface area contributed by atoms with E-state index in [-0.39, 0.29) is 12.2 Å². The predicted octanol–water partition coefficient (Wildman–Crippen LogP) is 2.15. The third-order valence-electron chi connectivity index (χ3n) is 2.69. The highest BCUT2D eigenvalue weighted by atomic mass is 16.5. The molecule has 0 aliphatic carbocycles. The Kier molecular flexibility index (Phi) is 2.73. The van der Waals surface area contributed by atoms with Gasteiger partial charge in [0.05, 0.1) is 6.10 Å². The Balaban J connectivity index is 2.04. The van der Waals surface area contributed by atoms with Gasteiger partial charge in [0, 0.05) is 6.42 Å². The van der Waals surface area contributed by atoms with Gasteiger partial charge in [-0.25, -0.2) is 0 Å². The monoisotopic (exact) mass is 192 g/mol. The first-order valence-electron chi connectivity index (χ1n) is 5.24. The van der Waals surface area contributed by atoms with Crippen molar-refractivity contribution < 1.29 is 9.84 Å². The molecule has 1 aliphatic rings. The van der Waals surface area contributed by atoms with Crippen LogP contribution < -0.4 is 4.74 Å². The van der Waals surface area contributed by atoms with Gasteiger partial charge in [-0.2, -0.15) is 0 Å². The lowest BCUT2D eigenvalue weighted by atomic mass is 10.0. The van der Waals surface area contributed by atoms with Crippen molar-refractivity contribution in [3.8, 4) is 5.75 Å². The summed E-state index contributed by atoms with van der Waals surface area (Å²) >= 11 is 0. The normalized spacial score (nSPS) is 21.4. The molecule has 1 aliphatic heterocycles. The van der Waals surface area contributed by atoms with E-state index in [9.17, 15) is 5.11 Å². The van der Waals surface area contributed by atoms with Gasteiger partial charge in [-0.1, -0.05) is 31.5 Å². The van der Waals surface area contributed by atoms with Gasteiger partial charge in [-0.05, 0) is 18.1 Å². The number of fused-ring (bicyclic) bond motifs is 1. The van der Waals surface area contributed by atoms with E-state index in [1.54, 1.807) is 0 Å². The van der Waals surface area contributed by atoms with Crippen LogP contribution in [0.25, 0.3) is 0 Å². The standard InChI is InChI=1S/C12H16O2/c1-2-5-10(13)12-8-9-6-3-4-7-11(9)14-12/h3-4,6-7,10,12-13H,2,5,8H2,1H3/t10-,12?/m0/s1. The van der Waals surface area contributed by atoms with Gasteiger partial charge in [0.1, 0.15) is 11.9 Å². The molecule has 2 heteroatoms. The third kappa shape index (κ3) is 1.75. The molecule has 0 aromatic heterocycles. The van der Waals surface area contributed by atoms with Gasteiger partial charge in [0.25, 0.3) is 0 Å². The minimum atomic E-state index is -0.326. The topological polar surface area (TPSA) is 29.5 Å². The summed E-state index contributed by atoms with van der Waals surface area (Å²) in [6.45, 7) is 2.07. The van der Waals surface area contributed by atoms with Gasteiger partial charge in [0.2, 0.25) is 0 Å². The van der Waals surface area contributed by atoms with Crippen molar-refractivity contribution in [1.29, 1.82) is 0 Å². The second-order valence-corrected chi connectivity index (χ2v) is 3.82. The van der Waals surface area contributed by atoms with Crippen molar-refractivity contribution in [2.75, 3.05) is 0 Å². The molecular formula is C12H16O2. The second-order valence-electron chi connectivity index (χ2n) is 3.82. The molecule has 0 spiro atoms. The molecule has 1 heterocycles. The summed E-state index contributed by atoms with van der Waals surface area (Å²) in [4.78, 5) is 0. The van der Waals surface area contributed by atoms with E-state index in [0.717, 1.165) is 25.0 Å². The zero-order valence-corrected chi connectivity index (χ0v) is 8.44. The van der Waals surface area contributed by atoms with Gasteiger partial charge < -0.3 is 9.84 Å². The van der Waals surface area contributed by atoms with Crippen LogP contribution in [-0.4, -0.2) is 17.3 Å². The third-order valence-corrected chi connectivity index (χ3v) is 2.69. The molecule has 2 rings (SSSR count). The molecule has 2 atom stereocenters. The molecule has 0 amide bonds. The fourth-order valence-electron chi connectivity index (χ4n) is 1.91. The molecular weight excluding hydrogens is 176 g/mol. The number of hydrogen-bond acceptors (Lipinski definition) is 2. The highest BCUT2D eigenvalue weighted by Crippen LogP contribution is 2.30. The Morgan fingerprint density at radius 2 is 2.29 bits per heavy atom. The number of para-hydroxylation sites is 1. The largest absolute Gasteiger partial charge is 0.487 e. The summed E-state index contributed by atoms with van der Waals surface area (Å²) in [5.41, 5.74) is 1.22. The zero-order valence-electron chi connectivity index (χ0n) is 8.44. The Morgan fingerprint density at radius 1 is 1.50 bits per heavy atom. The van der Waals surface area contributed by atoms with E-state index in [1.807, 2.05) is 18.2 Å². The lowest BCUT2D eigenvalue weighted by Crippen LogP contribution is -2.29. The molecule has 1 N–H and O–H groups in total. The summed E-state index contributed by atoms with van der Waals surface area (Å²) in [6.07, 6.45) is 2.30. The van der Waals surface area contributed by atoms with Gasteiger partial charge in [-0.15, -0.1) is 0 Å². The molecule has 1 unspecified atom stereocenters. The molecule has 0 radical (unpaired) electrons. The van der Waals surface area contributed by atoms with Crippen LogP contribution in [0.15, 0.2) is 24.3 Å². The average molecular weight is 192 g/mol. The lowest BCUT2D eigenvalue weighted by molar-refractivity contribution is 0.0436. The van der Waals surface area contributed by atoms with Crippen LogP contribution in [0.4, 0.5) is 0 Å². The Hall–Kier alpha value is -1.02. The number of benzene rings is 1. The van der Waals surface area contributed by atoms with Crippen LogP contribution in [0.5, 0.6) is 5.75 Å². The number of aliphatic hydroxyl groups excluding tert-OH is 1. The van der Waals surface area contributed by atoms with Crippen LogP contribution in [-0.2, 0) is 6.42 Å². The van der Waals surface area contributed by atoms with Crippen molar-refractivity contribution in [1.82, 2.24) is 0 Å². The molecule has 0 saturated heterocycles. The van der Waals surface area contributed by atoms with Crippen LogP contribution in [0.3, 0.4) is 0 Å². The van der Waals surface area contributed by atoms with E-state index in [4.69, 9.17) is 4.74 Å². The van der Waals surface area contributed by atoms with Crippen LogP contribution >= 0.6 is 0 Å². The van der Waals surface area contributed by atoms with Crippen molar-refractivity contribution >= 4 is 0 Å². The Bertz CT molecular complexity index is 284. The number of rotatable bonds is 3. The molecule has 1 aromatic rings. The van der Waals surface area contributed by atoms with Crippen molar-refractivity contribution in [2.24, 2.45) is 0 Å². The second kappa shape index (κ2) is 4.01. The zero-order chi connectivity index (χ0) is 9.97. The summed E-state index contributed by atoms with van der Waals surface area (Å²) < 4.78 is 5.67. The summed E-state index contributed by atoms with van der Waals surface area (Å²) in [5, 5.41) is 9.80. The van der Waals surface area contributed by atoms with Crippen molar-refractivity contribution in [2.45, 2.75) is 38.4 Å². The minimum absolute atomic E-state index is 0.0349. The van der Waals surface area contributed by atoms with Gasteiger partial charge >= 0.3 is 0 Å². The summed E-state index contributed by atoms with van der Waals surface area (Å²) in [5.74, 6) is 0.938. The molecule has 0 bridgehead atoms. The fraction of sp³-hybridized carbons (Fsp3) is 0.500. The maximum atomic E-state index is 9.80. The lowest BCUT2D eigenvalue weighted by Gasteiger charge is -2.16. The first kappa shape index (κ1) is 9.53. The van der Waals surface area contributed by atoms with Gasteiger partial charge in [0.15, 0.2) is 0 Å². The van der Waals surface area contributed by atoms with Crippen LogP contribution in [0.1, 0.15) is 25.3 Å². The van der Waals surface area contributed by atoms with E-state index >= 15 is 0 Å². The smallest absolute Gasteiger partial charge is 0.129 e.